The molecule has 234 valence electrons. The highest BCUT2D eigenvalue weighted by Crippen LogP contribution is 2.41. The summed E-state index contributed by atoms with van der Waals surface area (Å²) in [6.45, 7) is 5.66. The van der Waals surface area contributed by atoms with Crippen LogP contribution < -0.4 is 0 Å². The number of rotatable bonds is 6. The van der Waals surface area contributed by atoms with E-state index in [1.165, 1.54) is 29.3 Å². The molecule has 2 amide bonds. The normalized spacial score (nSPS) is 22.8. The minimum Gasteiger partial charge on any atom is -0.393 e. The number of hydrogen-bond donors (Lipinski definition) is 2. The van der Waals surface area contributed by atoms with Crippen molar-refractivity contribution in [2.24, 2.45) is 11.8 Å². The lowest BCUT2D eigenvalue weighted by Crippen LogP contribution is -2.51. The van der Waals surface area contributed by atoms with E-state index in [4.69, 9.17) is 10.5 Å². The monoisotopic (exact) mass is 606 g/mol. The van der Waals surface area contributed by atoms with Crippen LogP contribution in [0, 0.1) is 24.2 Å². The van der Waals surface area contributed by atoms with Crippen LogP contribution in [0.4, 0.5) is 0 Å². The predicted octanol–water partition coefficient (Wildman–Crippen LogP) is 5.41. The van der Waals surface area contributed by atoms with Gasteiger partial charge in [0.1, 0.15) is 5.69 Å². The van der Waals surface area contributed by atoms with Crippen molar-refractivity contribution in [3.05, 3.63) is 59.3 Å². The summed E-state index contributed by atoms with van der Waals surface area (Å²) in [5.74, 6) is 1.24. The fourth-order valence-corrected chi connectivity index (χ4v) is 7.83. The van der Waals surface area contributed by atoms with Crippen molar-refractivity contribution in [1.82, 2.24) is 24.0 Å². The molecule has 1 aromatic carbocycles. The number of nitrogens with one attached hydrogen (secondary N) is 1. The highest BCUT2D eigenvalue weighted by atomic mass is 16.3. The number of aromatic nitrogens is 3. The van der Waals surface area contributed by atoms with E-state index in [0.29, 0.717) is 36.2 Å². The molecule has 0 bridgehead atoms. The molecule has 0 radical (unpaired) electrons. The summed E-state index contributed by atoms with van der Waals surface area (Å²) in [4.78, 5) is 30.3. The molecule has 2 saturated carbocycles. The third-order valence-corrected chi connectivity index (χ3v) is 10.7. The van der Waals surface area contributed by atoms with Gasteiger partial charge in [0.2, 0.25) is 5.91 Å². The van der Waals surface area contributed by atoms with Gasteiger partial charge in [0, 0.05) is 60.9 Å². The SMILES string of the molecule is Cc1c(-c2cc3cccc(C4CN(C(=O)C5CCC(O)CC5)C4)c3n2CC2CC2)nn2cc(C(=O)N3CCCC(=N)C3)ccc12. The second kappa shape index (κ2) is 11.1. The number of hydrogen-bond acceptors (Lipinski definition) is 5. The molecule has 0 atom stereocenters. The number of nitrogens with zero attached hydrogens (tertiary/aromatic N) is 5. The molecular weight excluding hydrogens is 564 g/mol. The Morgan fingerprint density at radius 3 is 2.58 bits per heavy atom. The first-order valence-corrected chi connectivity index (χ1v) is 16.8. The molecule has 3 aromatic heterocycles. The largest absolute Gasteiger partial charge is 0.393 e. The number of piperidine rings is 1. The third-order valence-electron chi connectivity index (χ3n) is 10.7. The zero-order valence-corrected chi connectivity index (χ0v) is 26.0. The van der Waals surface area contributed by atoms with Crippen molar-refractivity contribution in [1.29, 1.82) is 5.41 Å². The number of pyridine rings is 1. The lowest BCUT2D eigenvalue weighted by molar-refractivity contribution is -0.141. The molecule has 2 aliphatic carbocycles. The molecule has 45 heavy (non-hydrogen) atoms. The van der Waals surface area contributed by atoms with Crippen molar-refractivity contribution < 1.29 is 14.7 Å². The van der Waals surface area contributed by atoms with Gasteiger partial charge in [0.05, 0.1) is 34.9 Å². The average molecular weight is 607 g/mol. The summed E-state index contributed by atoms with van der Waals surface area (Å²) < 4.78 is 4.34. The van der Waals surface area contributed by atoms with E-state index in [-0.39, 0.29) is 23.8 Å². The number of carbonyl (C=O) groups excluding carboxylic acids is 2. The van der Waals surface area contributed by atoms with E-state index >= 15 is 0 Å². The van der Waals surface area contributed by atoms with Gasteiger partial charge in [-0.1, -0.05) is 18.2 Å². The summed E-state index contributed by atoms with van der Waals surface area (Å²) in [5, 5.41) is 24.2. The summed E-state index contributed by atoms with van der Waals surface area (Å²) in [6.07, 6.45) is 8.74. The van der Waals surface area contributed by atoms with Crippen LogP contribution in [-0.2, 0) is 11.3 Å². The number of para-hydroxylation sites is 1. The number of benzene rings is 1. The van der Waals surface area contributed by atoms with Crippen LogP contribution >= 0.6 is 0 Å². The van der Waals surface area contributed by atoms with Crippen LogP contribution in [-0.4, -0.2) is 78.9 Å². The zero-order chi connectivity index (χ0) is 30.8. The molecule has 9 nitrogen and oxygen atoms in total. The number of fused-ring (bicyclic) bond motifs is 2. The van der Waals surface area contributed by atoms with Gasteiger partial charge in [-0.15, -0.1) is 0 Å². The fraction of sp³-hybridized carbons (Fsp3) is 0.500. The van der Waals surface area contributed by atoms with Crippen molar-refractivity contribution in [3.63, 3.8) is 0 Å². The summed E-state index contributed by atoms with van der Waals surface area (Å²) in [6, 6.07) is 12.7. The maximum atomic E-state index is 13.3. The van der Waals surface area contributed by atoms with E-state index in [1.54, 1.807) is 4.90 Å². The van der Waals surface area contributed by atoms with Crippen LogP contribution in [0.5, 0.6) is 0 Å². The van der Waals surface area contributed by atoms with Gasteiger partial charge in [0.15, 0.2) is 0 Å². The van der Waals surface area contributed by atoms with Crippen LogP contribution in [0.3, 0.4) is 0 Å². The Hall–Kier alpha value is -3.98. The molecule has 9 heteroatoms. The second-order valence-corrected chi connectivity index (χ2v) is 14.0. The number of aryl methyl sites for hydroxylation is 1. The van der Waals surface area contributed by atoms with Gasteiger partial charge in [-0.25, -0.2) is 4.52 Å². The Morgan fingerprint density at radius 1 is 1.02 bits per heavy atom. The summed E-state index contributed by atoms with van der Waals surface area (Å²) in [7, 11) is 0. The van der Waals surface area contributed by atoms with Gasteiger partial charge in [-0.2, -0.15) is 5.10 Å². The van der Waals surface area contributed by atoms with Crippen molar-refractivity contribution in [2.75, 3.05) is 26.2 Å². The van der Waals surface area contributed by atoms with Gasteiger partial charge < -0.3 is 24.9 Å². The van der Waals surface area contributed by atoms with E-state index in [1.807, 2.05) is 27.7 Å². The molecule has 2 saturated heterocycles. The lowest BCUT2D eigenvalue weighted by Gasteiger charge is -2.42. The predicted molar refractivity (Wildman–Crippen MR) is 174 cm³/mol. The molecule has 2 aliphatic heterocycles. The first kappa shape index (κ1) is 28.5. The molecule has 5 heterocycles. The average Bonchev–Trinajstić information content (AvgIpc) is 3.69. The Labute approximate surface area is 263 Å². The van der Waals surface area contributed by atoms with E-state index in [9.17, 15) is 14.7 Å². The molecule has 2 N–H and O–H groups in total. The van der Waals surface area contributed by atoms with Crippen molar-refractivity contribution in [2.45, 2.75) is 76.9 Å². The molecule has 4 aromatic rings. The maximum absolute atomic E-state index is 13.3. The van der Waals surface area contributed by atoms with Gasteiger partial charge in [-0.3, -0.25) is 9.59 Å². The fourth-order valence-electron chi connectivity index (χ4n) is 7.83. The van der Waals surface area contributed by atoms with E-state index in [0.717, 1.165) is 80.6 Å². The van der Waals surface area contributed by atoms with Crippen molar-refractivity contribution >= 4 is 33.9 Å². The first-order chi connectivity index (χ1) is 21.8. The number of likely N-dealkylation sites (tertiary alicyclic amines) is 2. The Morgan fingerprint density at radius 2 is 1.82 bits per heavy atom. The minimum absolute atomic E-state index is 0.0438. The van der Waals surface area contributed by atoms with Gasteiger partial charge in [0.25, 0.3) is 5.91 Å². The van der Waals surface area contributed by atoms with Crippen LogP contribution in [0.1, 0.15) is 78.8 Å². The number of carbonyl (C=O) groups is 2. The number of amides is 2. The smallest absolute Gasteiger partial charge is 0.255 e. The first-order valence-electron chi connectivity index (χ1n) is 16.8. The Bertz CT molecular complexity index is 1820. The highest BCUT2D eigenvalue weighted by Gasteiger charge is 2.38. The van der Waals surface area contributed by atoms with Gasteiger partial charge >= 0.3 is 0 Å². The molecule has 0 unspecified atom stereocenters. The van der Waals surface area contributed by atoms with E-state index < -0.39 is 0 Å². The molecule has 8 rings (SSSR count). The standard InChI is InChI=1S/C36H42N6O3/c1-22-31-14-11-26(36(45)39-15-3-5-28(37)21-39)20-42(31)38-33(22)32-16-25-4-2-6-30(34(25)41(32)17-23-7-8-23)27-18-40(19-27)35(44)24-9-12-29(43)13-10-24/h2,4,6,11,14,16,20,23-24,27,29,37,43H,3,5,7-10,12-13,15,17-19,21H2,1H3. The van der Waals surface area contributed by atoms with Crippen LogP contribution in [0.25, 0.3) is 27.8 Å². The minimum atomic E-state index is -0.249. The number of aliphatic hydroxyl groups excluding tert-OH is 1. The lowest BCUT2D eigenvalue weighted by atomic mass is 9.83. The van der Waals surface area contributed by atoms with E-state index in [2.05, 4.69) is 35.8 Å². The quantitative estimate of drug-likeness (QED) is 0.306. The van der Waals surface area contributed by atoms with Crippen LogP contribution in [0.2, 0.25) is 0 Å². The number of aliphatic hydroxyl groups is 1. The second-order valence-electron chi connectivity index (χ2n) is 14.0. The molecule has 4 aliphatic rings. The zero-order valence-electron chi connectivity index (χ0n) is 26.0. The third kappa shape index (κ3) is 5.15. The Balaban J connectivity index is 1.11. The Kier molecular flexibility index (Phi) is 7.04. The summed E-state index contributed by atoms with van der Waals surface area (Å²) in [5.41, 5.74) is 7.90. The summed E-state index contributed by atoms with van der Waals surface area (Å²) >= 11 is 0. The van der Waals surface area contributed by atoms with Gasteiger partial charge in [-0.05, 0) is 88.0 Å². The molecule has 0 spiro atoms. The maximum Gasteiger partial charge on any atom is 0.255 e. The highest BCUT2D eigenvalue weighted by molar-refractivity contribution is 5.98. The molecular formula is C36H42N6O3. The molecule has 4 fully saturated rings. The van der Waals surface area contributed by atoms with Crippen molar-refractivity contribution in [3.8, 4) is 11.4 Å². The topological polar surface area (TPSA) is 107 Å². The van der Waals surface area contributed by atoms with Crippen LogP contribution in [0.15, 0.2) is 42.6 Å².